The van der Waals surface area contributed by atoms with Crippen LogP contribution in [0.3, 0.4) is 0 Å². The minimum atomic E-state index is -0.579. The van der Waals surface area contributed by atoms with E-state index in [-0.39, 0.29) is 25.3 Å². The molecule has 0 amide bonds. The van der Waals surface area contributed by atoms with Gasteiger partial charge in [-0.1, -0.05) is 12.1 Å². The van der Waals surface area contributed by atoms with Gasteiger partial charge in [-0.15, -0.1) is 0 Å². The normalized spacial score (nSPS) is 20.1. The number of fused-ring (bicyclic) bond motifs is 2. The van der Waals surface area contributed by atoms with Crippen LogP contribution < -0.4 is 28.4 Å². The van der Waals surface area contributed by atoms with E-state index in [9.17, 15) is 9.59 Å². The quantitative estimate of drug-likeness (QED) is 0.0394. The smallest absolute Gasteiger partial charge is 0.331 e. The topological polar surface area (TPSA) is 108 Å². The lowest BCUT2D eigenvalue weighted by molar-refractivity contribution is -0.941. The van der Waals surface area contributed by atoms with E-state index in [2.05, 4.69) is 77.3 Å². The largest absolute Gasteiger partial charge is 0.496 e. The molecule has 0 spiro atoms. The summed E-state index contributed by atoms with van der Waals surface area (Å²) in [7, 11) is 14.6. The highest BCUT2D eigenvalue weighted by Crippen LogP contribution is 2.48. The third kappa shape index (κ3) is 10.5. The first kappa shape index (κ1) is 48.7. The van der Waals surface area contributed by atoms with E-state index in [0.717, 1.165) is 106 Å². The molecule has 2 aliphatic rings. The summed E-state index contributed by atoms with van der Waals surface area (Å²) in [6.07, 6.45) is 6.11. The first-order valence-electron chi connectivity index (χ1n) is 22.6. The number of likely N-dealkylation sites (N-methyl/N-ethyl adjacent to an activating group) is 2. The van der Waals surface area contributed by atoms with Crippen LogP contribution in [0.2, 0.25) is 0 Å². The van der Waals surface area contributed by atoms with Crippen molar-refractivity contribution in [3.8, 4) is 34.5 Å². The van der Waals surface area contributed by atoms with Gasteiger partial charge in [0.25, 0.3) is 0 Å². The molecular formula is C53H70N2O10+2. The Kier molecular flexibility index (Phi) is 15.8. The fraction of sp³-hybridized carbons (Fsp3) is 0.472. The van der Waals surface area contributed by atoms with Crippen LogP contribution in [0.1, 0.15) is 80.6 Å². The number of benzene rings is 4. The molecule has 6 rings (SSSR count). The number of carbonyl (C=O) groups excluding carboxylic acids is 2. The minimum absolute atomic E-state index is 0.0126. The maximum absolute atomic E-state index is 12.8. The van der Waals surface area contributed by atoms with E-state index < -0.39 is 11.9 Å². The fourth-order valence-electron chi connectivity index (χ4n) is 10.3. The van der Waals surface area contributed by atoms with E-state index in [4.69, 9.17) is 37.9 Å². The molecule has 0 saturated heterocycles. The molecule has 0 radical (unpaired) electrons. The molecule has 4 unspecified atom stereocenters. The van der Waals surface area contributed by atoms with Crippen LogP contribution in [0.5, 0.6) is 34.5 Å². The van der Waals surface area contributed by atoms with Crippen molar-refractivity contribution >= 4 is 11.9 Å². The molecular weight excluding hydrogens is 825 g/mol. The molecule has 0 saturated carbocycles. The molecule has 4 aromatic rings. The second-order valence-electron chi connectivity index (χ2n) is 18.1. The van der Waals surface area contributed by atoms with E-state index >= 15 is 0 Å². The summed E-state index contributed by atoms with van der Waals surface area (Å²) in [5.41, 5.74) is 11.7. The average molecular weight is 895 g/mol. The molecule has 0 fully saturated rings. The van der Waals surface area contributed by atoms with Crippen molar-refractivity contribution in [1.82, 2.24) is 0 Å². The second kappa shape index (κ2) is 21.1. The fourth-order valence-corrected chi connectivity index (χ4v) is 10.3. The number of carbonyl (C=O) groups is 2. The van der Waals surface area contributed by atoms with Crippen molar-refractivity contribution < 1.29 is 56.5 Å². The van der Waals surface area contributed by atoms with Crippen molar-refractivity contribution in [3.05, 3.63) is 116 Å². The van der Waals surface area contributed by atoms with E-state index in [0.29, 0.717) is 30.1 Å². The number of aryl methyl sites for hydroxylation is 3. The number of hydrogen-bond acceptors (Lipinski definition) is 10. The van der Waals surface area contributed by atoms with Crippen LogP contribution in [0.25, 0.3) is 0 Å². The Morgan fingerprint density at radius 3 is 1.78 bits per heavy atom. The van der Waals surface area contributed by atoms with Gasteiger partial charge in [-0.25, -0.2) is 9.59 Å². The predicted octanol–water partition coefficient (Wildman–Crippen LogP) is 8.47. The first-order chi connectivity index (χ1) is 31.1. The lowest BCUT2D eigenvalue weighted by Crippen LogP contribution is -2.52. The van der Waals surface area contributed by atoms with Gasteiger partial charge >= 0.3 is 11.9 Å². The lowest BCUT2D eigenvalue weighted by atomic mass is 9.82. The third-order valence-corrected chi connectivity index (χ3v) is 13.9. The molecule has 4 atom stereocenters. The van der Waals surface area contributed by atoms with Gasteiger partial charge in [0.2, 0.25) is 0 Å². The molecule has 65 heavy (non-hydrogen) atoms. The lowest BCUT2D eigenvalue weighted by Gasteiger charge is -2.46. The van der Waals surface area contributed by atoms with E-state index in [1.807, 2.05) is 13.0 Å². The standard InChI is InChI=1S/C53H70N2O10/c1-34-28-40-20-24-55(6,51(50(40)53(63-12)37(34)4)41-15-16-44(58-7)35(2)29-41)22-14-26-65-49(57)18-17-48(56)64-25-13-21-54(5)23-19-39-32-45(59-8)46(60-9)33-42(39)43(54)30-38-27-36(3)52(62-11)47(31-38)61-10/h15-18,27-29,31-33,43,51H,13-14,19-26,30H2,1-12H3/q+2/b18-17+. The Balaban J connectivity index is 1.06. The van der Waals surface area contributed by atoms with Gasteiger partial charge in [-0.2, -0.15) is 0 Å². The number of rotatable bonds is 19. The molecule has 2 aliphatic heterocycles. The summed E-state index contributed by atoms with van der Waals surface area (Å²) in [4.78, 5) is 25.7. The van der Waals surface area contributed by atoms with Gasteiger partial charge in [-0.05, 0) is 103 Å². The van der Waals surface area contributed by atoms with Crippen LogP contribution in [0.4, 0.5) is 0 Å². The van der Waals surface area contributed by atoms with E-state index in [1.54, 1.807) is 42.7 Å². The van der Waals surface area contributed by atoms with Crippen molar-refractivity contribution in [2.45, 2.75) is 71.9 Å². The summed E-state index contributed by atoms with van der Waals surface area (Å²) in [5.74, 6) is 3.46. The zero-order chi connectivity index (χ0) is 47.1. The Hall–Kier alpha value is -5.72. The van der Waals surface area contributed by atoms with Gasteiger partial charge in [0.15, 0.2) is 23.0 Å². The zero-order valence-corrected chi connectivity index (χ0v) is 40.7. The summed E-state index contributed by atoms with van der Waals surface area (Å²) in [6.45, 7) is 12.1. The van der Waals surface area contributed by atoms with Crippen molar-refractivity contribution in [1.29, 1.82) is 0 Å². The summed E-state index contributed by atoms with van der Waals surface area (Å²) >= 11 is 0. The highest BCUT2D eigenvalue weighted by atomic mass is 16.5. The molecule has 0 N–H and O–H groups in total. The number of methoxy groups -OCH3 is 6. The Bertz CT molecular complexity index is 2390. The number of nitrogens with zero attached hydrogens (tertiary/aromatic N) is 2. The minimum Gasteiger partial charge on any atom is -0.496 e. The van der Waals surface area contributed by atoms with Gasteiger partial charge in [0.05, 0.1) is 102 Å². The Morgan fingerprint density at radius 2 is 1.18 bits per heavy atom. The molecule has 0 aliphatic carbocycles. The number of hydrogen-bond donors (Lipinski definition) is 0. The van der Waals surface area contributed by atoms with Crippen LogP contribution in [-0.2, 0) is 38.3 Å². The predicted molar refractivity (Wildman–Crippen MR) is 252 cm³/mol. The number of esters is 2. The van der Waals surface area contributed by atoms with Crippen LogP contribution >= 0.6 is 0 Å². The average Bonchev–Trinajstić information content (AvgIpc) is 3.29. The van der Waals surface area contributed by atoms with Crippen molar-refractivity contribution in [2.24, 2.45) is 0 Å². The maximum Gasteiger partial charge on any atom is 0.331 e. The van der Waals surface area contributed by atoms with E-state index in [1.165, 1.54) is 33.4 Å². The van der Waals surface area contributed by atoms with Crippen LogP contribution in [-0.4, -0.2) is 117 Å². The molecule has 2 heterocycles. The summed E-state index contributed by atoms with van der Waals surface area (Å²) in [6, 6.07) is 17.2. The monoisotopic (exact) mass is 895 g/mol. The van der Waals surface area contributed by atoms with Crippen molar-refractivity contribution in [3.63, 3.8) is 0 Å². The van der Waals surface area contributed by atoms with Gasteiger partial charge in [0.1, 0.15) is 23.6 Å². The van der Waals surface area contributed by atoms with Crippen LogP contribution in [0, 0.1) is 27.7 Å². The summed E-state index contributed by atoms with van der Waals surface area (Å²) in [5, 5.41) is 0. The Labute approximate surface area is 386 Å². The maximum atomic E-state index is 12.8. The molecule has 350 valence electrons. The van der Waals surface area contributed by atoms with Crippen LogP contribution in [0.15, 0.2) is 60.7 Å². The van der Waals surface area contributed by atoms with Gasteiger partial charge in [0, 0.05) is 55.4 Å². The number of ether oxygens (including phenoxy) is 8. The number of quaternary nitrogens is 2. The molecule has 4 aromatic carbocycles. The highest BCUT2D eigenvalue weighted by Gasteiger charge is 2.43. The molecule has 12 heteroatoms. The SMILES string of the molecule is COc1ccc(C2c3c(cc(C)c(C)c3OC)CC[N+]2(C)CCCOC(=O)/C=C/C(=O)OCCC[N+]2(C)CCc3cc(OC)c(OC)cc3C2Cc2cc(C)c(OC)c(OC)c2)cc1C. The molecule has 0 bridgehead atoms. The second-order valence-corrected chi connectivity index (χ2v) is 18.1. The molecule has 0 aromatic heterocycles. The highest BCUT2D eigenvalue weighted by molar-refractivity contribution is 5.91. The van der Waals surface area contributed by atoms with Gasteiger partial charge in [-0.3, -0.25) is 0 Å². The Morgan fingerprint density at radius 1 is 0.600 bits per heavy atom. The van der Waals surface area contributed by atoms with Crippen molar-refractivity contribution in [2.75, 3.05) is 96.1 Å². The summed E-state index contributed by atoms with van der Waals surface area (Å²) < 4.78 is 47.2. The van der Waals surface area contributed by atoms with Gasteiger partial charge < -0.3 is 46.9 Å². The first-order valence-corrected chi connectivity index (χ1v) is 22.6. The zero-order valence-electron chi connectivity index (χ0n) is 40.7. The third-order valence-electron chi connectivity index (χ3n) is 13.9. The molecule has 12 nitrogen and oxygen atoms in total.